The fraction of sp³-hybridized carbons (Fsp3) is 0.318. The molecule has 7 nitrogen and oxygen atoms in total. The molecule has 1 saturated heterocycles. The van der Waals surface area contributed by atoms with Crippen LogP contribution in [0.15, 0.2) is 54.9 Å². The van der Waals surface area contributed by atoms with Crippen LogP contribution >= 0.6 is 0 Å². The van der Waals surface area contributed by atoms with Crippen LogP contribution in [0.2, 0.25) is 0 Å². The quantitative estimate of drug-likeness (QED) is 0.724. The molecule has 2 amide bonds. The molecule has 1 aliphatic heterocycles. The minimum atomic E-state index is -0.0780. The van der Waals surface area contributed by atoms with Gasteiger partial charge in [-0.15, -0.1) is 0 Å². The SMILES string of the molecule is COc1ccc(CNC(=O)C2CCN(C(=O)c3cn4ccccc4n3)CC2)cc1. The number of nitrogens with zero attached hydrogens (tertiary/aromatic N) is 3. The van der Waals surface area contributed by atoms with Gasteiger partial charge < -0.3 is 19.4 Å². The van der Waals surface area contributed by atoms with E-state index in [0.29, 0.717) is 38.2 Å². The van der Waals surface area contributed by atoms with Crippen molar-refractivity contribution >= 4 is 17.5 Å². The molecule has 1 fully saturated rings. The fourth-order valence-electron chi connectivity index (χ4n) is 3.62. The number of piperidine rings is 1. The molecule has 1 aliphatic rings. The van der Waals surface area contributed by atoms with Crippen LogP contribution in [0.25, 0.3) is 5.65 Å². The summed E-state index contributed by atoms with van der Waals surface area (Å²) in [6.45, 7) is 1.61. The summed E-state index contributed by atoms with van der Waals surface area (Å²) in [6, 6.07) is 13.3. The van der Waals surface area contributed by atoms with E-state index in [2.05, 4.69) is 10.3 Å². The molecule has 0 unspecified atom stereocenters. The zero-order chi connectivity index (χ0) is 20.2. The maximum atomic E-state index is 12.7. The van der Waals surface area contributed by atoms with Crippen LogP contribution < -0.4 is 10.1 Å². The van der Waals surface area contributed by atoms with Crippen molar-refractivity contribution in [2.24, 2.45) is 5.92 Å². The summed E-state index contributed by atoms with van der Waals surface area (Å²) in [5.74, 6) is 0.688. The third-order valence-electron chi connectivity index (χ3n) is 5.36. The van der Waals surface area contributed by atoms with Gasteiger partial charge in [0.1, 0.15) is 17.1 Å². The van der Waals surface area contributed by atoms with E-state index in [1.54, 1.807) is 18.2 Å². The molecule has 0 bridgehead atoms. The normalized spacial score (nSPS) is 14.7. The Labute approximate surface area is 169 Å². The van der Waals surface area contributed by atoms with Crippen molar-refractivity contribution in [1.82, 2.24) is 19.6 Å². The van der Waals surface area contributed by atoms with Gasteiger partial charge in [0.25, 0.3) is 5.91 Å². The lowest BCUT2D eigenvalue weighted by Crippen LogP contribution is -2.43. The average Bonchev–Trinajstić information content (AvgIpc) is 3.22. The lowest BCUT2D eigenvalue weighted by molar-refractivity contribution is -0.126. The van der Waals surface area contributed by atoms with Crippen LogP contribution in [0.3, 0.4) is 0 Å². The number of rotatable bonds is 5. The zero-order valence-corrected chi connectivity index (χ0v) is 16.4. The fourth-order valence-corrected chi connectivity index (χ4v) is 3.62. The molecule has 4 rings (SSSR count). The van der Waals surface area contributed by atoms with E-state index in [9.17, 15) is 9.59 Å². The van der Waals surface area contributed by atoms with Crippen molar-refractivity contribution in [1.29, 1.82) is 0 Å². The number of benzene rings is 1. The van der Waals surface area contributed by atoms with Crippen LogP contribution in [-0.2, 0) is 11.3 Å². The number of nitrogens with one attached hydrogen (secondary N) is 1. The molecule has 1 N–H and O–H groups in total. The van der Waals surface area contributed by atoms with Crippen molar-refractivity contribution < 1.29 is 14.3 Å². The number of carbonyl (C=O) groups is 2. The lowest BCUT2D eigenvalue weighted by Gasteiger charge is -2.30. The number of aromatic nitrogens is 2. The summed E-state index contributed by atoms with van der Waals surface area (Å²) in [6.07, 6.45) is 4.95. The number of likely N-dealkylation sites (tertiary alicyclic amines) is 1. The number of imidazole rings is 1. The zero-order valence-electron chi connectivity index (χ0n) is 16.4. The first-order valence-corrected chi connectivity index (χ1v) is 9.77. The minimum absolute atomic E-state index is 0.0423. The van der Waals surface area contributed by atoms with E-state index in [4.69, 9.17) is 4.74 Å². The Morgan fingerprint density at radius 1 is 1.14 bits per heavy atom. The van der Waals surface area contributed by atoms with Gasteiger partial charge >= 0.3 is 0 Å². The van der Waals surface area contributed by atoms with E-state index < -0.39 is 0 Å². The van der Waals surface area contributed by atoms with Gasteiger partial charge in [-0.1, -0.05) is 18.2 Å². The molecule has 150 valence electrons. The van der Waals surface area contributed by atoms with E-state index in [-0.39, 0.29) is 17.7 Å². The first-order chi connectivity index (χ1) is 14.1. The van der Waals surface area contributed by atoms with Crippen LogP contribution in [0.5, 0.6) is 5.75 Å². The molecule has 7 heteroatoms. The number of hydrogen-bond donors (Lipinski definition) is 1. The highest BCUT2D eigenvalue weighted by Crippen LogP contribution is 2.20. The predicted octanol–water partition coefficient (Wildman–Crippen LogP) is 2.51. The van der Waals surface area contributed by atoms with Crippen LogP contribution in [0.4, 0.5) is 0 Å². The maximum Gasteiger partial charge on any atom is 0.274 e. The smallest absolute Gasteiger partial charge is 0.274 e. The Kier molecular flexibility index (Phi) is 5.46. The van der Waals surface area contributed by atoms with E-state index in [0.717, 1.165) is 17.0 Å². The molecule has 0 atom stereocenters. The Balaban J connectivity index is 1.29. The molecule has 0 aliphatic carbocycles. The van der Waals surface area contributed by atoms with Crippen LogP contribution in [0.1, 0.15) is 28.9 Å². The lowest BCUT2D eigenvalue weighted by atomic mass is 9.95. The Morgan fingerprint density at radius 2 is 1.90 bits per heavy atom. The second-order valence-corrected chi connectivity index (χ2v) is 7.22. The summed E-state index contributed by atoms with van der Waals surface area (Å²) in [5, 5.41) is 3.00. The molecule has 1 aromatic carbocycles. The summed E-state index contributed by atoms with van der Waals surface area (Å²) in [5.41, 5.74) is 2.22. The summed E-state index contributed by atoms with van der Waals surface area (Å²) in [4.78, 5) is 31.4. The summed E-state index contributed by atoms with van der Waals surface area (Å²) in [7, 11) is 1.63. The van der Waals surface area contributed by atoms with Crippen molar-refractivity contribution in [2.45, 2.75) is 19.4 Å². The highest BCUT2D eigenvalue weighted by molar-refractivity contribution is 5.93. The highest BCUT2D eigenvalue weighted by Gasteiger charge is 2.28. The van der Waals surface area contributed by atoms with Crippen LogP contribution in [0, 0.1) is 5.92 Å². The van der Waals surface area contributed by atoms with Crippen molar-refractivity contribution in [2.75, 3.05) is 20.2 Å². The van der Waals surface area contributed by atoms with Gasteiger partial charge in [0.2, 0.25) is 5.91 Å². The van der Waals surface area contributed by atoms with E-state index >= 15 is 0 Å². The maximum absolute atomic E-state index is 12.7. The molecule has 0 spiro atoms. The number of fused-ring (bicyclic) bond motifs is 1. The summed E-state index contributed by atoms with van der Waals surface area (Å²) < 4.78 is 6.98. The predicted molar refractivity (Wildman–Crippen MR) is 109 cm³/mol. The number of ether oxygens (including phenoxy) is 1. The molecule has 29 heavy (non-hydrogen) atoms. The van der Waals surface area contributed by atoms with E-state index in [1.165, 1.54) is 0 Å². The van der Waals surface area contributed by atoms with Gasteiger partial charge in [-0.25, -0.2) is 4.98 Å². The Bertz CT molecular complexity index is 971. The molecule has 2 aromatic heterocycles. The standard InChI is InChI=1S/C22H24N4O3/c1-29-18-7-5-16(6-8-18)14-23-21(27)17-9-12-25(13-10-17)22(28)19-15-26-11-3-2-4-20(26)24-19/h2-8,11,15,17H,9-10,12-14H2,1H3,(H,23,27). The van der Waals surface area contributed by atoms with Gasteiger partial charge in [0.15, 0.2) is 0 Å². The van der Waals surface area contributed by atoms with Gasteiger partial charge in [-0.2, -0.15) is 0 Å². The average molecular weight is 392 g/mol. The molecular weight excluding hydrogens is 368 g/mol. The molecular formula is C22H24N4O3. The van der Waals surface area contributed by atoms with Crippen molar-refractivity contribution in [3.63, 3.8) is 0 Å². The number of amides is 2. The van der Waals surface area contributed by atoms with Gasteiger partial charge in [-0.05, 0) is 42.7 Å². The third kappa shape index (κ3) is 4.23. The van der Waals surface area contributed by atoms with Gasteiger partial charge in [-0.3, -0.25) is 9.59 Å². The second-order valence-electron chi connectivity index (χ2n) is 7.22. The third-order valence-corrected chi connectivity index (χ3v) is 5.36. The first kappa shape index (κ1) is 19.0. The van der Waals surface area contributed by atoms with Gasteiger partial charge in [0, 0.05) is 37.9 Å². The van der Waals surface area contributed by atoms with Crippen molar-refractivity contribution in [3.05, 3.63) is 66.1 Å². The Morgan fingerprint density at radius 3 is 2.59 bits per heavy atom. The van der Waals surface area contributed by atoms with Crippen molar-refractivity contribution in [3.8, 4) is 5.75 Å². The Hall–Kier alpha value is -3.35. The minimum Gasteiger partial charge on any atom is -0.497 e. The molecule has 0 saturated carbocycles. The summed E-state index contributed by atoms with van der Waals surface area (Å²) >= 11 is 0. The topological polar surface area (TPSA) is 75.9 Å². The second kappa shape index (κ2) is 8.34. The number of pyridine rings is 1. The van der Waals surface area contributed by atoms with Gasteiger partial charge in [0.05, 0.1) is 7.11 Å². The molecule has 0 radical (unpaired) electrons. The monoisotopic (exact) mass is 392 g/mol. The number of hydrogen-bond acceptors (Lipinski definition) is 4. The highest BCUT2D eigenvalue weighted by atomic mass is 16.5. The van der Waals surface area contributed by atoms with E-state index in [1.807, 2.05) is 53.1 Å². The largest absolute Gasteiger partial charge is 0.497 e. The first-order valence-electron chi connectivity index (χ1n) is 9.77. The molecule has 3 heterocycles. The number of methoxy groups -OCH3 is 1. The molecule has 3 aromatic rings. The number of carbonyl (C=O) groups excluding carboxylic acids is 2. The van der Waals surface area contributed by atoms with Crippen LogP contribution in [-0.4, -0.2) is 46.3 Å².